The van der Waals surface area contributed by atoms with E-state index in [1.165, 1.54) is 38.5 Å². The van der Waals surface area contributed by atoms with Crippen molar-refractivity contribution in [3.63, 3.8) is 0 Å². The maximum Gasteiger partial charge on any atom is 0.339 e. The number of aromatic nitrogens is 1. The van der Waals surface area contributed by atoms with E-state index in [4.69, 9.17) is 4.74 Å². The largest absolute Gasteiger partial charge is 0.458 e. The fourth-order valence-electron chi connectivity index (χ4n) is 9.46. The molecular weight excluding hydrogens is 458 g/mol. The summed E-state index contributed by atoms with van der Waals surface area (Å²) in [5, 5.41) is 10.2. The summed E-state index contributed by atoms with van der Waals surface area (Å²) in [6, 6.07) is 3.58. The zero-order chi connectivity index (χ0) is 26.4. The Hall–Kier alpha value is -1.68. The lowest BCUT2D eigenvalue weighted by Crippen LogP contribution is -2.51. The second-order valence-corrected chi connectivity index (χ2v) is 14.2. The van der Waals surface area contributed by atoms with E-state index in [-0.39, 0.29) is 17.5 Å². The van der Waals surface area contributed by atoms with Crippen LogP contribution in [0.3, 0.4) is 0 Å². The quantitative estimate of drug-likeness (QED) is 0.303. The molecule has 0 radical (unpaired) electrons. The number of allylic oxidation sites excluding steroid dienone is 1. The summed E-state index contributed by atoms with van der Waals surface area (Å²) in [6.45, 7) is 11.5. The molecule has 4 nitrogen and oxygen atoms in total. The highest BCUT2D eigenvalue weighted by Crippen LogP contribution is 2.67. The molecule has 0 spiro atoms. The molecule has 8 atom stereocenters. The lowest BCUT2D eigenvalue weighted by molar-refractivity contribution is -0.0597. The number of carbonyl (C=O) groups excluding carboxylic acids is 1. The van der Waals surface area contributed by atoms with Crippen LogP contribution < -0.4 is 0 Å². The van der Waals surface area contributed by atoms with Gasteiger partial charge in [-0.1, -0.05) is 45.3 Å². The van der Waals surface area contributed by atoms with E-state index in [1.807, 2.05) is 13.8 Å². The Morgan fingerprint density at radius 3 is 2.73 bits per heavy atom. The molecule has 1 N–H and O–H groups in total. The first-order valence-corrected chi connectivity index (χ1v) is 15.0. The summed E-state index contributed by atoms with van der Waals surface area (Å²) in [5.41, 5.74) is 2.29. The van der Waals surface area contributed by atoms with Crippen molar-refractivity contribution in [2.75, 3.05) is 0 Å². The number of nitrogens with zero attached hydrogens (tertiary/aromatic N) is 1. The van der Waals surface area contributed by atoms with Gasteiger partial charge in [0.2, 0.25) is 0 Å². The zero-order valence-electron chi connectivity index (χ0n) is 23.8. The van der Waals surface area contributed by atoms with Crippen molar-refractivity contribution in [1.29, 1.82) is 0 Å². The molecule has 37 heavy (non-hydrogen) atoms. The van der Waals surface area contributed by atoms with E-state index in [0.29, 0.717) is 11.0 Å². The maximum absolute atomic E-state index is 12.6. The minimum Gasteiger partial charge on any atom is -0.458 e. The highest BCUT2D eigenvalue weighted by atomic mass is 16.5. The van der Waals surface area contributed by atoms with Gasteiger partial charge in [-0.25, -0.2) is 4.79 Å². The third-order valence-electron chi connectivity index (χ3n) is 11.4. The Bertz CT molecular complexity index is 997. The molecular formula is C33H49NO3. The molecule has 1 aromatic rings. The predicted molar refractivity (Wildman–Crippen MR) is 148 cm³/mol. The number of carbonyl (C=O) groups is 1. The molecule has 3 fully saturated rings. The summed E-state index contributed by atoms with van der Waals surface area (Å²) in [6.07, 6.45) is 18.8. The topological polar surface area (TPSA) is 59.4 Å². The van der Waals surface area contributed by atoms with Gasteiger partial charge in [0, 0.05) is 18.8 Å². The van der Waals surface area contributed by atoms with Crippen molar-refractivity contribution >= 4 is 5.97 Å². The van der Waals surface area contributed by atoms with Crippen molar-refractivity contribution in [3.8, 4) is 0 Å². The van der Waals surface area contributed by atoms with Crippen LogP contribution in [0.4, 0.5) is 0 Å². The molecule has 0 saturated heterocycles. The van der Waals surface area contributed by atoms with Gasteiger partial charge in [-0.05, 0) is 118 Å². The van der Waals surface area contributed by atoms with Gasteiger partial charge in [-0.15, -0.1) is 0 Å². The van der Waals surface area contributed by atoms with Crippen LogP contribution in [0.1, 0.15) is 116 Å². The molecule has 4 aliphatic rings. The Balaban J connectivity index is 1.24. The smallest absolute Gasteiger partial charge is 0.339 e. The van der Waals surface area contributed by atoms with Crippen LogP contribution in [-0.2, 0) is 4.74 Å². The van der Waals surface area contributed by atoms with Crippen molar-refractivity contribution in [2.45, 2.75) is 117 Å². The van der Waals surface area contributed by atoms with Gasteiger partial charge in [0.15, 0.2) is 0 Å². The van der Waals surface area contributed by atoms with Crippen LogP contribution in [0.2, 0.25) is 0 Å². The SMILES string of the molecule is CC(CCCC(C)(C)O)C1CCC2C3CC=C4CC(OC(=O)c5cccnc5)CCC4(C)C3CCC12C. The van der Waals surface area contributed by atoms with Crippen molar-refractivity contribution in [3.05, 3.63) is 41.7 Å². The predicted octanol–water partition coefficient (Wildman–Crippen LogP) is 7.76. The molecule has 4 heteroatoms. The minimum absolute atomic E-state index is 0.0157. The van der Waals surface area contributed by atoms with Gasteiger partial charge in [0.25, 0.3) is 0 Å². The van der Waals surface area contributed by atoms with E-state index in [1.54, 1.807) is 30.1 Å². The van der Waals surface area contributed by atoms with E-state index >= 15 is 0 Å². The van der Waals surface area contributed by atoms with Crippen molar-refractivity contribution in [2.24, 2.45) is 40.4 Å². The highest BCUT2D eigenvalue weighted by Gasteiger charge is 2.59. The lowest BCUT2D eigenvalue weighted by atomic mass is 9.47. The van der Waals surface area contributed by atoms with Gasteiger partial charge >= 0.3 is 5.97 Å². The van der Waals surface area contributed by atoms with Crippen LogP contribution in [0.5, 0.6) is 0 Å². The first-order chi connectivity index (χ1) is 17.5. The number of hydrogen-bond acceptors (Lipinski definition) is 4. The van der Waals surface area contributed by atoms with Gasteiger partial charge in [-0.3, -0.25) is 4.98 Å². The molecule has 0 amide bonds. The van der Waals surface area contributed by atoms with E-state index in [0.717, 1.165) is 61.7 Å². The molecule has 1 heterocycles. The van der Waals surface area contributed by atoms with Gasteiger partial charge in [0.05, 0.1) is 11.2 Å². The molecule has 8 unspecified atom stereocenters. The third kappa shape index (κ3) is 5.16. The molecule has 5 rings (SSSR count). The fourth-order valence-corrected chi connectivity index (χ4v) is 9.46. The normalized spacial score (nSPS) is 38.1. The number of aliphatic hydroxyl groups is 1. The average Bonchev–Trinajstić information content (AvgIpc) is 3.21. The van der Waals surface area contributed by atoms with Crippen molar-refractivity contribution in [1.82, 2.24) is 4.98 Å². The molecule has 0 aliphatic heterocycles. The van der Waals surface area contributed by atoms with E-state index < -0.39 is 5.60 Å². The van der Waals surface area contributed by atoms with E-state index in [9.17, 15) is 9.90 Å². The molecule has 4 aliphatic carbocycles. The van der Waals surface area contributed by atoms with Crippen LogP contribution in [0.15, 0.2) is 36.2 Å². The van der Waals surface area contributed by atoms with Gasteiger partial charge < -0.3 is 9.84 Å². The summed E-state index contributed by atoms with van der Waals surface area (Å²) < 4.78 is 5.95. The Labute approximate surface area is 224 Å². The first kappa shape index (κ1) is 26.9. The second kappa shape index (κ2) is 10.1. The van der Waals surface area contributed by atoms with Crippen LogP contribution >= 0.6 is 0 Å². The monoisotopic (exact) mass is 507 g/mol. The van der Waals surface area contributed by atoms with Crippen molar-refractivity contribution < 1.29 is 14.6 Å². The summed E-state index contributed by atoms with van der Waals surface area (Å²) in [5.74, 6) is 3.73. The number of pyridine rings is 1. The van der Waals surface area contributed by atoms with Gasteiger partial charge in [0.1, 0.15) is 6.10 Å². The first-order valence-electron chi connectivity index (χ1n) is 15.0. The number of hydrogen-bond donors (Lipinski definition) is 1. The number of rotatable bonds is 7. The molecule has 204 valence electrons. The highest BCUT2D eigenvalue weighted by molar-refractivity contribution is 5.89. The Kier molecular flexibility index (Phi) is 7.37. The maximum atomic E-state index is 12.6. The Morgan fingerprint density at radius 1 is 1.19 bits per heavy atom. The molecule has 3 saturated carbocycles. The lowest BCUT2D eigenvalue weighted by Gasteiger charge is -2.58. The fraction of sp³-hybridized carbons (Fsp3) is 0.758. The average molecular weight is 508 g/mol. The summed E-state index contributed by atoms with van der Waals surface area (Å²) >= 11 is 0. The summed E-state index contributed by atoms with van der Waals surface area (Å²) in [4.78, 5) is 16.7. The standard InChI is InChI=1S/C33H49NO3/c1-22(8-6-16-31(2,3)36)27-12-13-28-26-11-10-24-20-25(37-30(35)23-9-7-19-34-21-23)14-17-32(24,4)29(26)15-18-33(27,28)5/h7,9-10,19,21-22,25-29,36H,6,8,11-18,20H2,1-5H3. The Morgan fingerprint density at radius 2 is 2.00 bits per heavy atom. The van der Waals surface area contributed by atoms with Crippen LogP contribution in [0, 0.1) is 40.4 Å². The molecule has 1 aromatic heterocycles. The minimum atomic E-state index is -0.544. The third-order valence-corrected chi connectivity index (χ3v) is 11.4. The van der Waals surface area contributed by atoms with E-state index in [2.05, 4.69) is 31.8 Å². The molecule has 0 bridgehead atoms. The summed E-state index contributed by atoms with van der Waals surface area (Å²) in [7, 11) is 0. The second-order valence-electron chi connectivity index (χ2n) is 14.2. The number of fused-ring (bicyclic) bond motifs is 5. The van der Waals surface area contributed by atoms with Crippen LogP contribution in [0.25, 0.3) is 0 Å². The molecule has 0 aromatic carbocycles. The van der Waals surface area contributed by atoms with Crippen LogP contribution in [-0.4, -0.2) is 27.8 Å². The number of esters is 1. The number of ether oxygens (including phenoxy) is 1. The van der Waals surface area contributed by atoms with Gasteiger partial charge in [-0.2, -0.15) is 0 Å². The zero-order valence-corrected chi connectivity index (χ0v) is 23.8.